The van der Waals surface area contributed by atoms with Gasteiger partial charge in [-0.25, -0.2) is 5.53 Å². The Kier molecular flexibility index (Phi) is 2.33. The molecule has 0 amide bonds. The molecule has 0 radical (unpaired) electrons. The first kappa shape index (κ1) is 8.59. The number of hydrogen-bond acceptors (Lipinski definition) is 2. The van der Waals surface area contributed by atoms with E-state index in [1.807, 2.05) is 32.0 Å². The molecule has 0 atom stereocenters. The van der Waals surface area contributed by atoms with Crippen molar-refractivity contribution >= 4 is 5.84 Å². The Labute approximate surface area is 71.4 Å². The van der Waals surface area contributed by atoms with Crippen LogP contribution in [0.25, 0.3) is 0 Å². The third kappa shape index (κ3) is 1.56. The largest absolute Gasteiger partial charge is 0.281 e. The van der Waals surface area contributed by atoms with E-state index in [2.05, 4.69) is 5.11 Å². The summed E-state index contributed by atoms with van der Waals surface area (Å²) in [5, 5.41) is 10.4. The minimum Gasteiger partial charge on any atom is -0.281 e. The molecule has 1 aromatic rings. The summed E-state index contributed by atoms with van der Waals surface area (Å²) in [6, 6.07) is 5.61. The van der Waals surface area contributed by atoms with E-state index in [1.165, 1.54) is 5.56 Å². The van der Waals surface area contributed by atoms with E-state index < -0.39 is 0 Å². The van der Waals surface area contributed by atoms with Gasteiger partial charge in [0.1, 0.15) is 0 Å². The van der Waals surface area contributed by atoms with Crippen LogP contribution in [0, 0.1) is 24.8 Å². The standard InChI is InChI=1S/C9H11N3/c1-6-3-4-8(5-7(6)2)9(10)12-11/h3-5,10-11H,1-2H3. The molecule has 1 aromatic carbocycles. The van der Waals surface area contributed by atoms with Gasteiger partial charge in [-0.3, -0.25) is 5.41 Å². The molecular weight excluding hydrogens is 150 g/mol. The van der Waals surface area contributed by atoms with Gasteiger partial charge in [0.2, 0.25) is 0 Å². The Morgan fingerprint density at radius 1 is 1.25 bits per heavy atom. The van der Waals surface area contributed by atoms with Crippen molar-refractivity contribution in [1.29, 1.82) is 10.9 Å². The Bertz CT molecular complexity index is 329. The third-order valence-electron chi connectivity index (χ3n) is 1.89. The molecule has 0 bridgehead atoms. The van der Waals surface area contributed by atoms with Gasteiger partial charge in [0.15, 0.2) is 5.84 Å². The van der Waals surface area contributed by atoms with Crippen LogP contribution in [-0.2, 0) is 0 Å². The van der Waals surface area contributed by atoms with Crippen LogP contribution >= 0.6 is 0 Å². The van der Waals surface area contributed by atoms with Gasteiger partial charge in [-0.05, 0) is 31.0 Å². The molecule has 0 saturated carbocycles. The first-order chi connectivity index (χ1) is 5.65. The highest BCUT2D eigenvalue weighted by atomic mass is 15.0. The van der Waals surface area contributed by atoms with Crippen LogP contribution in [-0.4, -0.2) is 5.84 Å². The predicted octanol–water partition coefficient (Wildman–Crippen LogP) is 2.66. The van der Waals surface area contributed by atoms with Crippen LogP contribution in [0.5, 0.6) is 0 Å². The van der Waals surface area contributed by atoms with Crippen molar-refractivity contribution in [2.75, 3.05) is 0 Å². The molecule has 3 heteroatoms. The van der Waals surface area contributed by atoms with Gasteiger partial charge >= 0.3 is 0 Å². The van der Waals surface area contributed by atoms with E-state index in [0.29, 0.717) is 5.56 Å². The molecule has 0 unspecified atom stereocenters. The van der Waals surface area contributed by atoms with Crippen molar-refractivity contribution in [3.63, 3.8) is 0 Å². The monoisotopic (exact) mass is 161 g/mol. The number of benzene rings is 1. The summed E-state index contributed by atoms with van der Waals surface area (Å²) in [6.07, 6.45) is 0. The first-order valence-electron chi connectivity index (χ1n) is 3.69. The minimum absolute atomic E-state index is 0.0121. The molecule has 0 fully saturated rings. The molecule has 0 aliphatic rings. The molecule has 0 saturated heterocycles. The second-order valence-corrected chi connectivity index (χ2v) is 2.76. The molecule has 0 aliphatic heterocycles. The van der Waals surface area contributed by atoms with Crippen LogP contribution in [0.15, 0.2) is 23.3 Å². The van der Waals surface area contributed by atoms with Gasteiger partial charge in [0.25, 0.3) is 0 Å². The smallest absolute Gasteiger partial charge is 0.173 e. The van der Waals surface area contributed by atoms with Crippen LogP contribution in [0.3, 0.4) is 0 Å². The second-order valence-electron chi connectivity index (χ2n) is 2.76. The average Bonchev–Trinajstić information content (AvgIpc) is 2.08. The topological polar surface area (TPSA) is 60.1 Å². The highest BCUT2D eigenvalue weighted by molar-refractivity contribution is 5.96. The molecule has 62 valence electrons. The lowest BCUT2D eigenvalue weighted by molar-refractivity contribution is 1.16. The summed E-state index contributed by atoms with van der Waals surface area (Å²) in [4.78, 5) is 0. The van der Waals surface area contributed by atoms with E-state index in [0.717, 1.165) is 5.56 Å². The summed E-state index contributed by atoms with van der Waals surface area (Å²) in [7, 11) is 0. The molecular formula is C9H11N3. The highest BCUT2D eigenvalue weighted by Crippen LogP contribution is 2.10. The molecule has 0 aliphatic carbocycles. The zero-order valence-corrected chi connectivity index (χ0v) is 7.18. The molecule has 12 heavy (non-hydrogen) atoms. The summed E-state index contributed by atoms with van der Waals surface area (Å²) >= 11 is 0. The average molecular weight is 161 g/mol. The molecule has 1 rings (SSSR count). The predicted molar refractivity (Wildman–Crippen MR) is 47.9 cm³/mol. The normalized spacial score (nSPS) is 9.50. The molecule has 0 aromatic heterocycles. The van der Waals surface area contributed by atoms with Gasteiger partial charge in [-0.2, -0.15) is 0 Å². The Balaban J connectivity index is 3.13. The van der Waals surface area contributed by atoms with Crippen LogP contribution in [0.1, 0.15) is 16.7 Å². The van der Waals surface area contributed by atoms with E-state index in [4.69, 9.17) is 10.9 Å². The van der Waals surface area contributed by atoms with Crippen molar-refractivity contribution in [3.8, 4) is 0 Å². The van der Waals surface area contributed by atoms with Crippen LogP contribution < -0.4 is 0 Å². The van der Waals surface area contributed by atoms with Crippen molar-refractivity contribution in [2.24, 2.45) is 5.11 Å². The minimum atomic E-state index is 0.0121. The fraction of sp³-hybridized carbons (Fsp3) is 0.222. The summed E-state index contributed by atoms with van der Waals surface area (Å²) in [6.45, 7) is 4.00. The number of aryl methyl sites for hydroxylation is 2. The molecule has 0 heterocycles. The van der Waals surface area contributed by atoms with Crippen molar-refractivity contribution < 1.29 is 0 Å². The van der Waals surface area contributed by atoms with E-state index in [-0.39, 0.29) is 5.84 Å². The van der Waals surface area contributed by atoms with Crippen LogP contribution in [0.4, 0.5) is 0 Å². The maximum Gasteiger partial charge on any atom is 0.173 e. The first-order valence-corrected chi connectivity index (χ1v) is 3.69. The van der Waals surface area contributed by atoms with E-state index >= 15 is 0 Å². The van der Waals surface area contributed by atoms with Gasteiger partial charge in [-0.15, -0.1) is 5.11 Å². The van der Waals surface area contributed by atoms with Crippen LogP contribution in [0.2, 0.25) is 0 Å². The van der Waals surface area contributed by atoms with Crippen molar-refractivity contribution in [1.82, 2.24) is 0 Å². The Hall–Kier alpha value is -1.51. The number of hydrogen-bond donors (Lipinski definition) is 2. The summed E-state index contributed by atoms with van der Waals surface area (Å²) in [5.74, 6) is 0.0121. The lowest BCUT2D eigenvalue weighted by Crippen LogP contribution is -1.94. The van der Waals surface area contributed by atoms with E-state index in [1.54, 1.807) is 0 Å². The van der Waals surface area contributed by atoms with Gasteiger partial charge in [-0.1, -0.05) is 12.1 Å². The zero-order valence-electron chi connectivity index (χ0n) is 7.18. The lowest BCUT2D eigenvalue weighted by Gasteiger charge is -2.01. The highest BCUT2D eigenvalue weighted by Gasteiger charge is 2.00. The number of nitrogens with zero attached hydrogens (tertiary/aromatic N) is 1. The zero-order chi connectivity index (χ0) is 9.14. The molecule has 0 spiro atoms. The van der Waals surface area contributed by atoms with Gasteiger partial charge in [0, 0.05) is 5.56 Å². The summed E-state index contributed by atoms with van der Waals surface area (Å²) < 4.78 is 0. The quantitative estimate of drug-likeness (QED) is 0.361. The Morgan fingerprint density at radius 3 is 2.42 bits per heavy atom. The summed E-state index contributed by atoms with van der Waals surface area (Å²) in [5.41, 5.74) is 9.69. The fourth-order valence-electron chi connectivity index (χ4n) is 0.953. The SMILES string of the molecule is Cc1ccc(C(=N)N=N)cc1C. The fourth-order valence-corrected chi connectivity index (χ4v) is 0.953. The van der Waals surface area contributed by atoms with Crippen molar-refractivity contribution in [2.45, 2.75) is 13.8 Å². The molecule has 3 nitrogen and oxygen atoms in total. The Morgan fingerprint density at radius 2 is 1.92 bits per heavy atom. The molecule has 2 N–H and O–H groups in total. The lowest BCUT2D eigenvalue weighted by atomic mass is 10.1. The number of amidine groups is 1. The number of nitrogens with one attached hydrogen (secondary N) is 2. The van der Waals surface area contributed by atoms with Crippen molar-refractivity contribution in [3.05, 3.63) is 34.9 Å². The van der Waals surface area contributed by atoms with Gasteiger partial charge in [0.05, 0.1) is 0 Å². The van der Waals surface area contributed by atoms with Gasteiger partial charge < -0.3 is 0 Å². The maximum atomic E-state index is 7.29. The van der Waals surface area contributed by atoms with E-state index in [9.17, 15) is 0 Å². The second kappa shape index (κ2) is 3.26. The third-order valence-corrected chi connectivity index (χ3v) is 1.89. The number of rotatable bonds is 1. The maximum absolute atomic E-state index is 7.29.